The van der Waals surface area contributed by atoms with Crippen molar-refractivity contribution in [1.29, 1.82) is 0 Å². The molecule has 0 aromatic rings. The van der Waals surface area contributed by atoms with Gasteiger partial charge in [0.05, 0.1) is 0 Å². The number of carbonyl (C=O) groups is 1. The Hall–Kier alpha value is -0.570. The van der Waals surface area contributed by atoms with Crippen molar-refractivity contribution in [3.05, 3.63) is 0 Å². The fourth-order valence-corrected chi connectivity index (χ4v) is 0.793. The van der Waals surface area contributed by atoms with E-state index in [2.05, 4.69) is 26.1 Å². The minimum atomic E-state index is 0.105. The second kappa shape index (κ2) is 5.22. The molecule has 0 rings (SSSR count). The quantitative estimate of drug-likeness (QED) is 0.695. The lowest BCUT2D eigenvalue weighted by Crippen LogP contribution is -2.41. The number of amides is 1. The minimum absolute atomic E-state index is 0.105. The van der Waals surface area contributed by atoms with Gasteiger partial charge in [0.1, 0.15) is 0 Å². The van der Waals surface area contributed by atoms with Crippen molar-refractivity contribution in [2.75, 3.05) is 6.54 Å². The van der Waals surface area contributed by atoms with Crippen LogP contribution in [0.4, 0.5) is 0 Å². The van der Waals surface area contributed by atoms with E-state index in [0.717, 1.165) is 6.42 Å². The second-order valence-corrected chi connectivity index (χ2v) is 4.55. The van der Waals surface area contributed by atoms with Crippen LogP contribution in [0, 0.1) is 5.41 Å². The van der Waals surface area contributed by atoms with Crippen LogP contribution in [0.1, 0.15) is 40.5 Å². The van der Waals surface area contributed by atoms with Gasteiger partial charge < -0.3 is 11.1 Å². The molecule has 1 unspecified atom stereocenters. The summed E-state index contributed by atoms with van der Waals surface area (Å²) in [6.45, 7) is 8.94. The monoisotopic (exact) mass is 186 g/mol. The Bertz CT molecular complexity index is 161. The molecule has 0 aliphatic carbocycles. The molecule has 0 fully saturated rings. The molecule has 0 aromatic heterocycles. The molecule has 0 aromatic carbocycles. The van der Waals surface area contributed by atoms with Crippen LogP contribution in [0.15, 0.2) is 0 Å². The molecule has 3 heteroatoms. The molecule has 0 radical (unpaired) electrons. The fraction of sp³-hybridized carbons (Fsp3) is 0.900. The molecule has 3 N–H and O–H groups in total. The molecule has 0 saturated carbocycles. The van der Waals surface area contributed by atoms with Crippen molar-refractivity contribution in [3.63, 3.8) is 0 Å². The van der Waals surface area contributed by atoms with Crippen molar-refractivity contribution in [2.24, 2.45) is 11.1 Å². The molecular weight excluding hydrogens is 164 g/mol. The number of nitrogens with two attached hydrogens (primary N) is 1. The molecule has 0 bridgehead atoms. The highest BCUT2D eigenvalue weighted by molar-refractivity contribution is 5.76. The first-order valence-electron chi connectivity index (χ1n) is 4.87. The van der Waals surface area contributed by atoms with Gasteiger partial charge in [-0.25, -0.2) is 0 Å². The van der Waals surface area contributed by atoms with Crippen LogP contribution in [0.5, 0.6) is 0 Å². The molecule has 0 heterocycles. The van der Waals surface area contributed by atoms with E-state index < -0.39 is 0 Å². The minimum Gasteiger partial charge on any atom is -0.353 e. The van der Waals surface area contributed by atoms with E-state index in [9.17, 15) is 4.79 Å². The smallest absolute Gasteiger partial charge is 0.220 e. The largest absolute Gasteiger partial charge is 0.353 e. The summed E-state index contributed by atoms with van der Waals surface area (Å²) < 4.78 is 0. The van der Waals surface area contributed by atoms with Crippen molar-refractivity contribution in [3.8, 4) is 0 Å². The van der Waals surface area contributed by atoms with Crippen LogP contribution in [0.2, 0.25) is 0 Å². The van der Waals surface area contributed by atoms with Crippen molar-refractivity contribution < 1.29 is 4.79 Å². The van der Waals surface area contributed by atoms with Gasteiger partial charge in [-0.05, 0) is 25.3 Å². The summed E-state index contributed by atoms with van der Waals surface area (Å²) in [6, 6.07) is 0.206. The maximum absolute atomic E-state index is 11.3. The molecule has 0 aliphatic heterocycles. The van der Waals surface area contributed by atoms with Gasteiger partial charge >= 0.3 is 0 Å². The summed E-state index contributed by atoms with van der Waals surface area (Å²) >= 11 is 0. The molecule has 0 aliphatic rings. The van der Waals surface area contributed by atoms with Crippen LogP contribution >= 0.6 is 0 Å². The molecule has 1 atom stereocenters. The lowest BCUT2D eigenvalue weighted by atomic mass is 9.88. The van der Waals surface area contributed by atoms with Crippen LogP contribution < -0.4 is 11.1 Å². The van der Waals surface area contributed by atoms with Crippen LogP contribution in [-0.2, 0) is 4.79 Å². The highest BCUT2D eigenvalue weighted by Crippen LogP contribution is 2.18. The second-order valence-electron chi connectivity index (χ2n) is 4.55. The normalized spacial score (nSPS) is 13.9. The van der Waals surface area contributed by atoms with Crippen LogP contribution in [-0.4, -0.2) is 18.5 Å². The van der Waals surface area contributed by atoms with Crippen LogP contribution in [0.3, 0.4) is 0 Å². The summed E-state index contributed by atoms with van der Waals surface area (Å²) in [4.78, 5) is 11.3. The third-order valence-electron chi connectivity index (χ3n) is 2.28. The SMILES string of the molecule is CC(NC(=O)CCCN)C(C)(C)C. The van der Waals surface area contributed by atoms with Gasteiger partial charge in [0.15, 0.2) is 0 Å². The van der Waals surface area contributed by atoms with E-state index in [0.29, 0.717) is 13.0 Å². The first-order chi connectivity index (χ1) is 5.88. The third kappa shape index (κ3) is 5.64. The molecule has 0 saturated heterocycles. The Balaban J connectivity index is 3.79. The molecule has 78 valence electrons. The predicted octanol–water partition coefficient (Wildman–Crippen LogP) is 1.28. The van der Waals surface area contributed by atoms with Crippen LogP contribution in [0.25, 0.3) is 0 Å². The predicted molar refractivity (Wildman–Crippen MR) is 55.3 cm³/mol. The highest BCUT2D eigenvalue weighted by Gasteiger charge is 2.20. The molecule has 13 heavy (non-hydrogen) atoms. The van der Waals surface area contributed by atoms with Crippen molar-refractivity contribution >= 4 is 5.91 Å². The number of hydrogen-bond acceptors (Lipinski definition) is 2. The molecular formula is C10H22N2O. The Labute approximate surface area is 81.1 Å². The van der Waals surface area contributed by atoms with E-state index in [-0.39, 0.29) is 17.4 Å². The van der Waals surface area contributed by atoms with Gasteiger partial charge in [-0.2, -0.15) is 0 Å². The van der Waals surface area contributed by atoms with Gasteiger partial charge in [0, 0.05) is 12.5 Å². The maximum atomic E-state index is 11.3. The first kappa shape index (κ1) is 12.4. The number of carbonyl (C=O) groups excluding carboxylic acids is 1. The molecule has 3 nitrogen and oxygen atoms in total. The zero-order valence-corrected chi connectivity index (χ0v) is 9.18. The van der Waals surface area contributed by atoms with Gasteiger partial charge in [0.2, 0.25) is 5.91 Å². The Kier molecular flexibility index (Phi) is 4.99. The standard InChI is InChI=1S/C10H22N2O/c1-8(10(2,3)4)12-9(13)6-5-7-11/h8H,5-7,11H2,1-4H3,(H,12,13). The summed E-state index contributed by atoms with van der Waals surface area (Å²) in [6.07, 6.45) is 1.31. The Morgan fingerprint density at radius 1 is 1.46 bits per heavy atom. The van der Waals surface area contributed by atoms with Gasteiger partial charge in [-0.15, -0.1) is 0 Å². The molecule has 1 amide bonds. The fourth-order valence-electron chi connectivity index (χ4n) is 0.793. The lowest BCUT2D eigenvalue weighted by Gasteiger charge is -2.28. The number of rotatable bonds is 4. The summed E-state index contributed by atoms with van der Waals surface area (Å²) in [7, 11) is 0. The van der Waals surface area contributed by atoms with E-state index >= 15 is 0 Å². The maximum Gasteiger partial charge on any atom is 0.220 e. The summed E-state index contributed by atoms with van der Waals surface area (Å²) in [5.41, 5.74) is 5.44. The molecule has 0 spiro atoms. The summed E-state index contributed by atoms with van der Waals surface area (Å²) in [5.74, 6) is 0.105. The Morgan fingerprint density at radius 2 is 2.00 bits per heavy atom. The third-order valence-corrected chi connectivity index (χ3v) is 2.28. The van der Waals surface area contributed by atoms with Gasteiger partial charge in [-0.3, -0.25) is 4.79 Å². The average Bonchev–Trinajstić information content (AvgIpc) is 1.99. The Morgan fingerprint density at radius 3 is 2.38 bits per heavy atom. The van der Waals surface area contributed by atoms with Crippen molar-refractivity contribution in [2.45, 2.75) is 46.6 Å². The lowest BCUT2D eigenvalue weighted by molar-refractivity contribution is -0.122. The highest BCUT2D eigenvalue weighted by atomic mass is 16.1. The van der Waals surface area contributed by atoms with E-state index in [4.69, 9.17) is 5.73 Å². The summed E-state index contributed by atoms with van der Waals surface area (Å²) in [5, 5.41) is 2.96. The topological polar surface area (TPSA) is 55.1 Å². The van der Waals surface area contributed by atoms with Crippen molar-refractivity contribution in [1.82, 2.24) is 5.32 Å². The zero-order chi connectivity index (χ0) is 10.5. The zero-order valence-electron chi connectivity index (χ0n) is 9.18. The van der Waals surface area contributed by atoms with Gasteiger partial charge in [-0.1, -0.05) is 20.8 Å². The number of nitrogens with one attached hydrogen (secondary N) is 1. The first-order valence-corrected chi connectivity index (χ1v) is 4.87. The van der Waals surface area contributed by atoms with E-state index in [1.54, 1.807) is 0 Å². The van der Waals surface area contributed by atoms with Gasteiger partial charge in [0.25, 0.3) is 0 Å². The van der Waals surface area contributed by atoms with E-state index in [1.807, 2.05) is 6.92 Å². The van der Waals surface area contributed by atoms with E-state index in [1.165, 1.54) is 0 Å². The number of hydrogen-bond donors (Lipinski definition) is 2. The average molecular weight is 186 g/mol.